The summed E-state index contributed by atoms with van der Waals surface area (Å²) in [6.45, 7) is 7.40. The van der Waals surface area contributed by atoms with Gasteiger partial charge in [-0.25, -0.2) is 23.5 Å². The van der Waals surface area contributed by atoms with Crippen molar-refractivity contribution in [2.45, 2.75) is 58.3 Å². The SMILES string of the molecule is C#S(/C)=N/c1cc(C)c2c(Nc3ccc(F)cc3O[C@H]3C[C@H](NC(=O)OC(C)(C)C)C3)ncnc2c1. The van der Waals surface area contributed by atoms with Crippen LogP contribution in [0.2, 0.25) is 0 Å². The van der Waals surface area contributed by atoms with E-state index in [1.54, 1.807) is 6.07 Å². The quantitative estimate of drug-likeness (QED) is 0.427. The van der Waals surface area contributed by atoms with Crippen molar-refractivity contribution in [1.82, 2.24) is 15.3 Å². The number of amides is 1. The van der Waals surface area contributed by atoms with E-state index in [2.05, 4.69) is 25.0 Å². The van der Waals surface area contributed by atoms with Crippen molar-refractivity contribution in [3.8, 4) is 11.4 Å². The number of aryl methyl sites for hydroxylation is 1. The van der Waals surface area contributed by atoms with Gasteiger partial charge in [-0.1, -0.05) is 15.8 Å². The molecule has 1 amide bonds. The maximum atomic E-state index is 14.1. The molecule has 8 nitrogen and oxygen atoms in total. The van der Waals surface area contributed by atoms with Crippen LogP contribution in [-0.2, 0) is 14.8 Å². The number of carbonyl (C=O) groups excluding carboxylic acids is 1. The average molecular weight is 512 g/mol. The van der Waals surface area contributed by atoms with E-state index in [4.69, 9.17) is 15.2 Å². The van der Waals surface area contributed by atoms with E-state index in [-0.39, 0.29) is 12.1 Å². The van der Waals surface area contributed by atoms with Gasteiger partial charge in [0.15, 0.2) is 0 Å². The van der Waals surface area contributed by atoms with E-state index in [1.807, 2.05) is 46.1 Å². The van der Waals surface area contributed by atoms with Crippen molar-refractivity contribution < 1.29 is 18.7 Å². The predicted octanol–water partition coefficient (Wildman–Crippen LogP) is 5.91. The molecule has 36 heavy (non-hydrogen) atoms. The molecule has 1 heterocycles. The second-order valence-electron chi connectivity index (χ2n) is 9.81. The number of ether oxygens (including phenoxy) is 2. The Labute approximate surface area is 212 Å². The Morgan fingerprint density at radius 3 is 2.67 bits per heavy atom. The highest BCUT2D eigenvalue weighted by molar-refractivity contribution is 7.75. The van der Waals surface area contributed by atoms with Crippen LogP contribution in [0.15, 0.2) is 41.0 Å². The molecule has 4 rings (SSSR count). The zero-order chi connectivity index (χ0) is 26.0. The van der Waals surface area contributed by atoms with Gasteiger partial charge < -0.3 is 20.1 Å². The molecule has 1 fully saturated rings. The molecule has 10 heteroatoms. The topological polar surface area (TPSA) is 97.7 Å². The van der Waals surface area contributed by atoms with Crippen molar-refractivity contribution in [3.63, 3.8) is 0 Å². The van der Waals surface area contributed by atoms with E-state index < -0.39 is 27.6 Å². The average Bonchev–Trinajstić information content (AvgIpc) is 2.72. The van der Waals surface area contributed by atoms with Gasteiger partial charge in [0.25, 0.3) is 0 Å². The number of fused-ring (bicyclic) bond motifs is 1. The molecule has 190 valence electrons. The summed E-state index contributed by atoms with van der Waals surface area (Å²) < 4.78 is 29.9. The van der Waals surface area contributed by atoms with Crippen LogP contribution in [0.3, 0.4) is 0 Å². The van der Waals surface area contributed by atoms with Crippen LogP contribution in [0.4, 0.5) is 26.4 Å². The Kier molecular flexibility index (Phi) is 7.19. The van der Waals surface area contributed by atoms with Gasteiger partial charge in [-0.2, -0.15) is 0 Å². The molecule has 0 saturated heterocycles. The third-order valence-electron chi connectivity index (χ3n) is 5.48. The minimum absolute atomic E-state index is 0.0558. The largest absolute Gasteiger partial charge is 0.488 e. The van der Waals surface area contributed by atoms with Crippen LogP contribution in [-0.4, -0.2) is 40.1 Å². The first-order chi connectivity index (χ1) is 17.0. The Morgan fingerprint density at radius 2 is 1.97 bits per heavy atom. The summed E-state index contributed by atoms with van der Waals surface area (Å²) in [5.41, 5.74) is 8.25. The maximum absolute atomic E-state index is 14.1. The zero-order valence-corrected chi connectivity index (χ0v) is 21.8. The number of carbonyl (C=O) groups is 1. The predicted molar refractivity (Wildman–Crippen MR) is 141 cm³/mol. The van der Waals surface area contributed by atoms with Gasteiger partial charge in [-0.15, -0.1) is 0 Å². The molecular weight excluding hydrogens is 481 g/mol. The summed E-state index contributed by atoms with van der Waals surface area (Å²) in [4.78, 5) is 20.8. The van der Waals surface area contributed by atoms with E-state index in [0.717, 1.165) is 22.2 Å². The van der Waals surface area contributed by atoms with Crippen LogP contribution in [0.25, 0.3) is 10.9 Å². The highest BCUT2D eigenvalue weighted by Crippen LogP contribution is 2.36. The molecule has 1 saturated carbocycles. The number of nitrogens with zero attached hydrogens (tertiary/aromatic N) is 3. The zero-order valence-electron chi connectivity index (χ0n) is 21.0. The number of hydrogen-bond donors (Lipinski definition) is 2. The first-order valence-corrected chi connectivity index (χ1v) is 13.2. The number of aromatic nitrogens is 2. The highest BCUT2D eigenvalue weighted by Gasteiger charge is 2.33. The summed E-state index contributed by atoms with van der Waals surface area (Å²) in [6, 6.07) is 8.05. The Morgan fingerprint density at radius 1 is 1.22 bits per heavy atom. The number of anilines is 2. The summed E-state index contributed by atoms with van der Waals surface area (Å²) in [5.74, 6) is 0.525. The van der Waals surface area contributed by atoms with Gasteiger partial charge in [0.1, 0.15) is 35.4 Å². The van der Waals surface area contributed by atoms with Crippen LogP contribution in [0.1, 0.15) is 39.2 Å². The molecule has 2 N–H and O–H groups in total. The van der Waals surface area contributed by atoms with Crippen molar-refractivity contribution in [2.24, 2.45) is 4.36 Å². The first kappa shape index (κ1) is 25.5. The fourth-order valence-electron chi connectivity index (χ4n) is 3.94. The third-order valence-corrected chi connectivity index (χ3v) is 5.97. The van der Waals surface area contributed by atoms with Gasteiger partial charge >= 0.3 is 6.09 Å². The van der Waals surface area contributed by atoms with Crippen molar-refractivity contribution in [3.05, 3.63) is 48.0 Å². The second kappa shape index (κ2) is 10.2. The molecule has 1 aromatic heterocycles. The fourth-order valence-corrected chi connectivity index (χ4v) is 4.38. The molecule has 0 aliphatic heterocycles. The molecule has 0 atom stereocenters. The molecule has 3 aromatic rings. The molecule has 1 aliphatic rings. The third kappa shape index (κ3) is 6.33. The molecule has 2 aromatic carbocycles. The number of hydrogen-bond acceptors (Lipinski definition) is 7. The molecular formula is C26H30FN5O3S. The Balaban J connectivity index is 1.50. The fraction of sp³-hybridized carbons (Fsp3) is 0.385. The van der Waals surface area contributed by atoms with Crippen LogP contribution in [0, 0.1) is 18.4 Å². The summed E-state index contributed by atoms with van der Waals surface area (Å²) in [7, 11) is -0.588. The lowest BCUT2D eigenvalue weighted by molar-refractivity contribution is 0.0363. The lowest BCUT2D eigenvalue weighted by Crippen LogP contribution is -2.50. The monoisotopic (exact) mass is 511 g/mol. The van der Waals surface area contributed by atoms with Gasteiger partial charge in [0, 0.05) is 36.6 Å². The minimum Gasteiger partial charge on any atom is -0.488 e. The minimum atomic E-state index is -0.588. The number of rotatable bonds is 6. The van der Waals surface area contributed by atoms with Crippen LogP contribution < -0.4 is 15.4 Å². The lowest BCUT2D eigenvalue weighted by Gasteiger charge is -2.36. The Bertz CT molecular complexity index is 1440. The van der Waals surface area contributed by atoms with Crippen molar-refractivity contribution >= 4 is 44.3 Å². The molecule has 1 aliphatic carbocycles. The van der Waals surface area contributed by atoms with E-state index in [1.165, 1.54) is 18.5 Å². The number of halogens is 1. The van der Waals surface area contributed by atoms with E-state index in [0.29, 0.717) is 30.1 Å². The van der Waals surface area contributed by atoms with Gasteiger partial charge in [-0.3, -0.25) is 0 Å². The van der Waals surface area contributed by atoms with E-state index in [9.17, 15) is 9.18 Å². The molecule has 0 unspecified atom stereocenters. The Hall–Kier alpha value is -3.62. The van der Waals surface area contributed by atoms with Gasteiger partial charge in [0.05, 0.1) is 16.9 Å². The molecule has 0 bridgehead atoms. The molecule has 0 radical (unpaired) electrons. The highest BCUT2D eigenvalue weighted by atomic mass is 32.2. The lowest BCUT2D eigenvalue weighted by atomic mass is 9.89. The normalized spacial score (nSPS) is 17.9. The second-order valence-corrected chi connectivity index (χ2v) is 11.0. The van der Waals surface area contributed by atoms with Gasteiger partial charge in [0.2, 0.25) is 0 Å². The van der Waals surface area contributed by atoms with Gasteiger partial charge in [-0.05, 0) is 57.5 Å². The summed E-state index contributed by atoms with van der Waals surface area (Å²) >= 11 is 0. The first-order valence-electron chi connectivity index (χ1n) is 11.6. The van der Waals surface area contributed by atoms with Crippen LogP contribution >= 0.6 is 0 Å². The number of alkyl carbamates (subject to hydrolysis) is 1. The molecule has 0 spiro atoms. The number of benzene rings is 2. The number of nitrogens with one attached hydrogen (secondary N) is 2. The van der Waals surface area contributed by atoms with Crippen molar-refractivity contribution in [1.29, 1.82) is 0 Å². The van der Waals surface area contributed by atoms with E-state index >= 15 is 0 Å². The summed E-state index contributed by atoms with van der Waals surface area (Å²) in [6.07, 6.45) is 3.86. The standard InChI is InChI=1S/C26H30FN5O3S/c1-15-9-18(32-36(5)6)13-21-23(15)24(29-14-28-21)31-20-8-7-16(27)10-22(20)34-19-11-17(12-19)30-25(33)35-26(2,3)4/h5,7-10,13-14,17,19H,11-12H2,1-4,6H3,(H,30,33)(H,28,29,31)/t17-,19-. The summed E-state index contributed by atoms with van der Waals surface area (Å²) in [5, 5.41) is 6.94. The smallest absolute Gasteiger partial charge is 0.407 e. The van der Waals surface area contributed by atoms with Crippen molar-refractivity contribution in [2.75, 3.05) is 11.6 Å². The maximum Gasteiger partial charge on any atom is 0.407 e. The van der Waals surface area contributed by atoms with Crippen LogP contribution in [0.5, 0.6) is 5.75 Å².